The third kappa shape index (κ3) is 4.09. The van der Waals surface area contributed by atoms with Gasteiger partial charge in [-0.2, -0.15) is 18.4 Å². The zero-order valence-electron chi connectivity index (χ0n) is 19.4. The van der Waals surface area contributed by atoms with Crippen LogP contribution in [0.25, 0.3) is 0 Å². The predicted octanol–water partition coefficient (Wildman–Crippen LogP) is 5.16. The lowest BCUT2D eigenvalue weighted by Gasteiger charge is -2.41. The van der Waals surface area contributed by atoms with Crippen molar-refractivity contribution in [1.29, 1.82) is 5.26 Å². The first-order valence-electron chi connectivity index (χ1n) is 11.3. The molecule has 2 aromatic rings. The van der Waals surface area contributed by atoms with E-state index in [4.69, 9.17) is 17.5 Å². The Bertz CT molecular complexity index is 1310. The number of nitrogens with zero attached hydrogens (tertiary/aromatic N) is 3. The highest BCUT2D eigenvalue weighted by molar-refractivity contribution is 7.81. The summed E-state index contributed by atoms with van der Waals surface area (Å²) >= 11 is 5.63. The second-order valence-electron chi connectivity index (χ2n) is 9.07. The van der Waals surface area contributed by atoms with E-state index in [2.05, 4.69) is 5.32 Å². The van der Waals surface area contributed by atoms with E-state index in [9.17, 15) is 27.2 Å². The van der Waals surface area contributed by atoms with Crippen LogP contribution in [0.15, 0.2) is 36.4 Å². The second kappa shape index (κ2) is 9.17. The Kier molecular flexibility index (Phi) is 6.51. The smallest absolute Gasteiger partial charge is 0.355 e. The molecule has 0 radical (unpaired) electrons. The molecule has 1 saturated carbocycles. The molecule has 2 aliphatic rings. The molecule has 2 aromatic carbocycles. The van der Waals surface area contributed by atoms with Gasteiger partial charge in [0.15, 0.2) is 5.11 Å². The van der Waals surface area contributed by atoms with Gasteiger partial charge in [-0.25, -0.2) is 4.39 Å². The molecule has 2 fully saturated rings. The van der Waals surface area contributed by atoms with E-state index in [0.717, 1.165) is 29.5 Å². The number of hydrogen-bond acceptors (Lipinski definition) is 4. The minimum absolute atomic E-state index is 0.0981. The molecule has 188 valence electrons. The zero-order chi connectivity index (χ0) is 26.4. The van der Waals surface area contributed by atoms with Gasteiger partial charge >= 0.3 is 6.18 Å². The summed E-state index contributed by atoms with van der Waals surface area (Å²) in [5.41, 5.74) is -3.07. The molecular weight excluding hydrogens is 496 g/mol. The molecule has 0 bridgehead atoms. The largest absolute Gasteiger partial charge is 0.417 e. The molecule has 1 aliphatic heterocycles. The Labute approximate surface area is 210 Å². The van der Waals surface area contributed by atoms with E-state index < -0.39 is 40.5 Å². The zero-order valence-corrected chi connectivity index (χ0v) is 20.3. The topological polar surface area (TPSA) is 76.4 Å². The van der Waals surface area contributed by atoms with Gasteiger partial charge in [0.2, 0.25) is 0 Å². The minimum atomic E-state index is -4.82. The van der Waals surface area contributed by atoms with E-state index in [0.29, 0.717) is 19.3 Å². The summed E-state index contributed by atoms with van der Waals surface area (Å²) < 4.78 is 55.8. The van der Waals surface area contributed by atoms with Crippen molar-refractivity contribution in [3.63, 3.8) is 0 Å². The van der Waals surface area contributed by atoms with Crippen LogP contribution in [0.4, 0.5) is 28.9 Å². The molecule has 2 unspecified atom stereocenters. The average Bonchev–Trinajstić information content (AvgIpc) is 3.02. The summed E-state index contributed by atoms with van der Waals surface area (Å²) in [5, 5.41) is 11.4. The Morgan fingerprint density at radius 1 is 1.22 bits per heavy atom. The molecule has 4 rings (SSSR count). The summed E-state index contributed by atoms with van der Waals surface area (Å²) in [6, 6.07) is 8.37. The highest BCUT2D eigenvalue weighted by Gasteiger charge is 2.57. The van der Waals surface area contributed by atoms with Crippen LogP contribution in [0.2, 0.25) is 0 Å². The number of thiocarbonyl (C=S) groups is 1. The number of carbonyl (C=O) groups is 2. The standard InChI is InChI=1S/C25H22F4N4O2S/c1-14-4-3-9-24(12-14)22(35)32(16-6-5-15(13-30)19(10-16)25(27,28)29)23(36)33(24)17-7-8-18(20(26)11-17)21(34)31-2/h5-8,10-11,14H,3-4,9,12H2,1-2H3,(H,31,34). The number of nitriles is 1. The first-order valence-corrected chi connectivity index (χ1v) is 11.7. The average molecular weight is 519 g/mol. The molecule has 36 heavy (non-hydrogen) atoms. The number of halogens is 4. The van der Waals surface area contributed by atoms with Crippen LogP contribution in [0, 0.1) is 23.1 Å². The molecule has 1 aliphatic carbocycles. The monoisotopic (exact) mass is 518 g/mol. The van der Waals surface area contributed by atoms with Crippen molar-refractivity contribution in [2.75, 3.05) is 16.8 Å². The van der Waals surface area contributed by atoms with Crippen molar-refractivity contribution in [3.8, 4) is 6.07 Å². The van der Waals surface area contributed by atoms with Gasteiger partial charge in [0.25, 0.3) is 11.8 Å². The van der Waals surface area contributed by atoms with Gasteiger partial charge in [-0.05, 0) is 67.4 Å². The molecule has 1 spiro atoms. The highest BCUT2D eigenvalue weighted by Crippen LogP contribution is 2.47. The predicted molar refractivity (Wildman–Crippen MR) is 129 cm³/mol. The van der Waals surface area contributed by atoms with E-state index in [1.54, 1.807) is 0 Å². The quantitative estimate of drug-likeness (QED) is 0.449. The number of amides is 2. The first kappa shape index (κ1) is 25.6. The fraction of sp³-hybridized carbons (Fsp3) is 0.360. The third-order valence-electron chi connectivity index (χ3n) is 6.75. The van der Waals surface area contributed by atoms with Gasteiger partial charge in [-0.3, -0.25) is 14.5 Å². The van der Waals surface area contributed by atoms with E-state index >= 15 is 0 Å². The highest BCUT2D eigenvalue weighted by atomic mass is 32.1. The number of rotatable bonds is 3. The summed E-state index contributed by atoms with van der Waals surface area (Å²) in [7, 11) is 1.37. The summed E-state index contributed by atoms with van der Waals surface area (Å²) in [6.45, 7) is 1.97. The van der Waals surface area contributed by atoms with Crippen LogP contribution in [0.5, 0.6) is 0 Å². The van der Waals surface area contributed by atoms with Crippen molar-refractivity contribution < 1.29 is 27.2 Å². The Morgan fingerprint density at radius 3 is 2.50 bits per heavy atom. The van der Waals surface area contributed by atoms with Crippen LogP contribution in [0.3, 0.4) is 0 Å². The van der Waals surface area contributed by atoms with Crippen molar-refractivity contribution in [3.05, 3.63) is 58.9 Å². The number of alkyl halides is 3. The van der Waals surface area contributed by atoms with Crippen LogP contribution in [-0.2, 0) is 11.0 Å². The summed E-state index contributed by atoms with van der Waals surface area (Å²) in [4.78, 5) is 28.4. The van der Waals surface area contributed by atoms with Gasteiger partial charge in [0.1, 0.15) is 11.4 Å². The number of benzene rings is 2. The maximum atomic E-state index is 14.9. The number of anilines is 2. The molecule has 0 aromatic heterocycles. The van der Waals surface area contributed by atoms with E-state index in [1.807, 2.05) is 6.92 Å². The Hall–Kier alpha value is -3.52. The lowest BCUT2D eigenvalue weighted by atomic mass is 9.75. The van der Waals surface area contributed by atoms with Gasteiger partial charge in [-0.1, -0.05) is 19.8 Å². The summed E-state index contributed by atoms with van der Waals surface area (Å²) in [5.74, 6) is -1.85. The van der Waals surface area contributed by atoms with Crippen molar-refractivity contribution in [2.45, 2.75) is 44.3 Å². The molecule has 1 heterocycles. The van der Waals surface area contributed by atoms with E-state index in [-0.39, 0.29) is 28.0 Å². The van der Waals surface area contributed by atoms with Crippen molar-refractivity contribution in [2.24, 2.45) is 5.92 Å². The normalized spacial score (nSPS) is 22.2. The maximum absolute atomic E-state index is 14.9. The molecule has 2 atom stereocenters. The van der Waals surface area contributed by atoms with Crippen LogP contribution < -0.4 is 15.1 Å². The Balaban J connectivity index is 1.87. The number of nitrogens with one attached hydrogen (secondary N) is 1. The minimum Gasteiger partial charge on any atom is -0.355 e. The Morgan fingerprint density at radius 2 is 1.92 bits per heavy atom. The first-order chi connectivity index (χ1) is 16.9. The number of hydrogen-bond donors (Lipinski definition) is 1. The van der Waals surface area contributed by atoms with Crippen LogP contribution in [0.1, 0.15) is 54.1 Å². The molecule has 1 N–H and O–H groups in total. The molecular formula is C25H22F4N4O2S. The van der Waals surface area contributed by atoms with Crippen molar-refractivity contribution in [1.82, 2.24) is 5.32 Å². The van der Waals surface area contributed by atoms with E-state index in [1.165, 1.54) is 36.2 Å². The van der Waals surface area contributed by atoms with Crippen molar-refractivity contribution >= 4 is 40.5 Å². The second-order valence-corrected chi connectivity index (χ2v) is 9.44. The molecule has 1 saturated heterocycles. The molecule has 2 amide bonds. The SMILES string of the molecule is CNC(=O)c1ccc(N2C(=S)N(c3ccc(C#N)c(C(F)(F)F)c3)C(=O)C23CCCC(C)C3)cc1F. The van der Waals surface area contributed by atoms with Crippen LogP contribution >= 0.6 is 12.2 Å². The fourth-order valence-electron chi connectivity index (χ4n) is 5.15. The van der Waals surface area contributed by atoms with Crippen LogP contribution in [-0.4, -0.2) is 29.5 Å². The maximum Gasteiger partial charge on any atom is 0.417 e. The number of carbonyl (C=O) groups excluding carboxylic acids is 2. The van der Waals surface area contributed by atoms with Gasteiger partial charge in [-0.15, -0.1) is 0 Å². The fourth-order valence-corrected chi connectivity index (χ4v) is 5.61. The lowest BCUT2D eigenvalue weighted by Crippen LogP contribution is -2.52. The molecule has 11 heteroatoms. The van der Waals surface area contributed by atoms with Gasteiger partial charge in [0.05, 0.1) is 28.4 Å². The third-order valence-corrected chi connectivity index (χ3v) is 7.12. The van der Waals surface area contributed by atoms with Gasteiger partial charge < -0.3 is 10.2 Å². The van der Waals surface area contributed by atoms with Gasteiger partial charge in [0, 0.05) is 12.7 Å². The lowest BCUT2D eigenvalue weighted by molar-refractivity contribution is -0.137. The molecule has 6 nitrogen and oxygen atoms in total. The summed E-state index contributed by atoms with van der Waals surface area (Å²) in [6.07, 6.45) is -2.56.